The standard InChI is InChI=1S/C49H59FN8O7S/c1-30(2)35-8-5-6-9-36(35)37-10-7-11-41(37)57-28-49(29-57)18-20-56(21-19-49)33-12-13-38(44(22-33)65-43-24-39-40(50)27-53-45(39)54-31(43)3)47(59)55-66(63,64)34-23-42(58(61)62)46(52-26-34)51-25-32-14-16-48(4,60)17-15-32/h5-6,8-9,12-13,22-24,26-27,30,32,37,41,60H,7,10-11,14-21,25,28-29H2,1-4H3,(H,51,52)(H,53,54)(H,55,59)/t32?,37-,41-,48?/m1/s1. The predicted octanol–water partition coefficient (Wildman–Crippen LogP) is 8.94. The second-order valence-corrected chi connectivity index (χ2v) is 21.4. The van der Waals surface area contributed by atoms with Crippen molar-refractivity contribution < 1.29 is 32.4 Å². The number of pyridine rings is 2. The normalized spacial score (nSPS) is 23.3. The number of aromatic nitrogens is 3. The van der Waals surface area contributed by atoms with Crippen LogP contribution in [0.4, 0.5) is 21.6 Å². The van der Waals surface area contributed by atoms with E-state index >= 15 is 0 Å². The first-order chi connectivity index (χ1) is 31.5. The van der Waals surface area contributed by atoms with Crippen molar-refractivity contribution in [3.63, 3.8) is 0 Å². The zero-order valence-corrected chi connectivity index (χ0v) is 38.8. The van der Waals surface area contributed by atoms with Gasteiger partial charge in [-0.15, -0.1) is 0 Å². The molecule has 5 heterocycles. The number of carbonyl (C=O) groups is 1. The minimum atomic E-state index is -4.69. The number of carbonyl (C=O) groups excluding carboxylic acids is 1. The van der Waals surface area contributed by atoms with Crippen molar-refractivity contribution in [2.75, 3.05) is 42.9 Å². The number of benzene rings is 2. The van der Waals surface area contributed by atoms with Crippen LogP contribution in [0.1, 0.15) is 118 Å². The minimum absolute atomic E-state index is 0.0253. The quantitative estimate of drug-likeness (QED) is 0.0648. The van der Waals surface area contributed by atoms with Crippen molar-refractivity contribution in [2.24, 2.45) is 11.3 Å². The molecule has 17 heteroatoms. The van der Waals surface area contributed by atoms with Crippen LogP contribution in [0.25, 0.3) is 11.0 Å². The van der Waals surface area contributed by atoms with E-state index in [0.717, 1.165) is 69.8 Å². The van der Waals surface area contributed by atoms with Crippen molar-refractivity contribution >= 4 is 44.2 Å². The number of H-pyrrole nitrogens is 1. The van der Waals surface area contributed by atoms with Crippen LogP contribution in [0.15, 0.2) is 71.9 Å². The molecule has 0 unspecified atom stereocenters. The maximum absolute atomic E-state index is 14.7. The molecule has 2 saturated carbocycles. The highest BCUT2D eigenvalue weighted by molar-refractivity contribution is 7.90. The third kappa shape index (κ3) is 9.21. The number of aromatic amines is 1. The van der Waals surface area contributed by atoms with Crippen LogP contribution < -0.4 is 19.7 Å². The number of nitrogens with zero attached hydrogens (tertiary/aromatic N) is 5. The number of amides is 1. The molecule has 2 atom stereocenters. The fourth-order valence-electron chi connectivity index (χ4n) is 10.8. The maximum Gasteiger partial charge on any atom is 0.312 e. The molecule has 66 heavy (non-hydrogen) atoms. The molecular formula is C49H59FN8O7S. The van der Waals surface area contributed by atoms with Crippen LogP contribution in [0.2, 0.25) is 0 Å². The van der Waals surface area contributed by atoms with E-state index in [0.29, 0.717) is 48.6 Å². The van der Waals surface area contributed by atoms with E-state index in [9.17, 15) is 32.8 Å². The lowest BCUT2D eigenvalue weighted by Crippen LogP contribution is -2.63. The Morgan fingerprint density at radius 2 is 1.79 bits per heavy atom. The molecule has 2 aliphatic heterocycles. The van der Waals surface area contributed by atoms with Crippen molar-refractivity contribution in [1.29, 1.82) is 0 Å². The van der Waals surface area contributed by atoms with Crippen LogP contribution >= 0.6 is 0 Å². The van der Waals surface area contributed by atoms with Crippen LogP contribution in [0.5, 0.6) is 11.5 Å². The van der Waals surface area contributed by atoms with Gasteiger partial charge in [0.15, 0.2) is 0 Å². The number of anilines is 2. The summed E-state index contributed by atoms with van der Waals surface area (Å²) in [4.78, 5) is 41.2. The van der Waals surface area contributed by atoms with E-state index in [1.54, 1.807) is 26.0 Å². The number of rotatable bonds is 13. The Morgan fingerprint density at radius 3 is 2.52 bits per heavy atom. The largest absolute Gasteiger partial charge is 0.455 e. The van der Waals surface area contributed by atoms with E-state index < -0.39 is 42.9 Å². The van der Waals surface area contributed by atoms with Gasteiger partial charge in [0.25, 0.3) is 15.9 Å². The fraction of sp³-hybridized carbons (Fsp3) is 0.490. The molecule has 0 radical (unpaired) electrons. The molecule has 15 nitrogen and oxygen atoms in total. The molecule has 5 aromatic rings. The van der Waals surface area contributed by atoms with E-state index in [4.69, 9.17) is 4.74 Å². The van der Waals surface area contributed by atoms with Crippen LogP contribution in [-0.4, -0.2) is 88.6 Å². The van der Waals surface area contributed by atoms with E-state index in [1.165, 1.54) is 48.7 Å². The summed E-state index contributed by atoms with van der Waals surface area (Å²) in [7, 11) is -4.69. The fourth-order valence-corrected chi connectivity index (χ4v) is 11.8. The number of piperidine rings is 1. The Balaban J connectivity index is 0.917. The molecule has 1 spiro atoms. The summed E-state index contributed by atoms with van der Waals surface area (Å²) in [5.74, 6) is -0.296. The van der Waals surface area contributed by atoms with E-state index in [2.05, 4.69) is 72.9 Å². The molecule has 4 N–H and O–H groups in total. The zero-order valence-electron chi connectivity index (χ0n) is 38.0. The first-order valence-electron chi connectivity index (χ1n) is 23.2. The highest BCUT2D eigenvalue weighted by Crippen LogP contribution is 2.49. The molecule has 2 aromatic carbocycles. The second kappa shape index (κ2) is 17.9. The third-order valence-corrected chi connectivity index (χ3v) is 16.0. The number of hydrogen-bond acceptors (Lipinski definition) is 12. The Hall–Kier alpha value is -5.65. The Morgan fingerprint density at radius 1 is 1.05 bits per heavy atom. The number of sulfonamides is 1. The van der Waals surface area contributed by atoms with Gasteiger partial charge in [0, 0.05) is 62.8 Å². The molecule has 0 bridgehead atoms. The van der Waals surface area contributed by atoms with Gasteiger partial charge in [-0.1, -0.05) is 44.5 Å². The summed E-state index contributed by atoms with van der Waals surface area (Å²) in [6, 6.07) is 16.8. The van der Waals surface area contributed by atoms with Gasteiger partial charge in [0.1, 0.15) is 27.9 Å². The van der Waals surface area contributed by atoms with Crippen LogP contribution in [0.3, 0.4) is 0 Å². The number of hydrogen-bond donors (Lipinski definition) is 4. The Labute approximate surface area is 384 Å². The third-order valence-electron chi connectivity index (χ3n) is 14.7. The maximum atomic E-state index is 14.7. The van der Waals surface area contributed by atoms with Crippen molar-refractivity contribution in [3.05, 3.63) is 105 Å². The highest BCUT2D eigenvalue weighted by atomic mass is 32.2. The summed E-state index contributed by atoms with van der Waals surface area (Å²) in [6.07, 6.45) is 10.5. The van der Waals surface area contributed by atoms with Gasteiger partial charge in [0.2, 0.25) is 5.82 Å². The lowest BCUT2D eigenvalue weighted by Gasteiger charge is -2.57. The monoisotopic (exact) mass is 922 g/mol. The number of nitro groups is 1. The first kappa shape index (κ1) is 45.5. The van der Waals surface area contributed by atoms with Gasteiger partial charge >= 0.3 is 5.69 Å². The number of halogens is 1. The van der Waals surface area contributed by atoms with Crippen molar-refractivity contribution in [3.8, 4) is 11.5 Å². The van der Waals surface area contributed by atoms with Crippen LogP contribution in [-0.2, 0) is 10.0 Å². The van der Waals surface area contributed by atoms with Gasteiger partial charge in [0.05, 0.1) is 33.4 Å². The van der Waals surface area contributed by atoms with Crippen LogP contribution in [0, 0.1) is 34.2 Å². The molecular weight excluding hydrogens is 864 g/mol. The van der Waals surface area contributed by atoms with Gasteiger partial charge < -0.3 is 25.0 Å². The molecule has 2 saturated heterocycles. The number of likely N-dealkylation sites (tertiary alicyclic amines) is 1. The molecule has 2 aliphatic carbocycles. The van der Waals surface area contributed by atoms with Crippen molar-refractivity contribution in [2.45, 2.75) is 114 Å². The summed E-state index contributed by atoms with van der Waals surface area (Å²) in [5.41, 5.74) is 3.27. The van der Waals surface area contributed by atoms with E-state index in [-0.39, 0.29) is 39.6 Å². The minimum Gasteiger partial charge on any atom is -0.455 e. The second-order valence-electron chi connectivity index (χ2n) is 19.7. The topological polar surface area (TPSA) is 196 Å². The van der Waals surface area contributed by atoms with Gasteiger partial charge in [-0.2, -0.15) is 0 Å². The number of aliphatic hydroxyl groups is 1. The van der Waals surface area contributed by atoms with Crippen molar-refractivity contribution in [1.82, 2.24) is 24.6 Å². The lowest BCUT2D eigenvalue weighted by atomic mass is 9.70. The molecule has 350 valence electrons. The average Bonchev–Trinajstić information content (AvgIpc) is 3.91. The summed E-state index contributed by atoms with van der Waals surface area (Å²) < 4.78 is 50.7. The first-order valence-corrected chi connectivity index (χ1v) is 24.7. The summed E-state index contributed by atoms with van der Waals surface area (Å²) in [6.45, 7) is 12.1. The summed E-state index contributed by atoms with van der Waals surface area (Å²) in [5, 5.41) is 25.6. The Kier molecular flexibility index (Phi) is 12.3. The highest BCUT2D eigenvalue weighted by Gasteiger charge is 2.49. The number of nitrogens with one attached hydrogen (secondary N) is 3. The van der Waals surface area contributed by atoms with E-state index in [1.807, 2.05) is 0 Å². The molecule has 3 aromatic heterocycles. The van der Waals surface area contributed by atoms with Gasteiger partial charge in [-0.25, -0.2) is 27.5 Å². The lowest BCUT2D eigenvalue weighted by molar-refractivity contribution is -0.384. The number of ether oxygens (including phenoxy) is 1. The van der Waals surface area contributed by atoms with Gasteiger partial charge in [-0.05, 0) is 118 Å². The molecule has 4 fully saturated rings. The predicted molar refractivity (Wildman–Crippen MR) is 250 cm³/mol. The average molecular weight is 923 g/mol. The SMILES string of the molecule is Cc1nc2[nH]cc(F)c2cc1Oc1cc(N2CCC3(CC2)CN([C@@H]2CCC[C@@H]2c2ccccc2C(C)C)C3)ccc1C(=O)NS(=O)(=O)c1cnc(NCC2CCC(C)(O)CC2)c([N+](=O)[O-])c1. The zero-order chi connectivity index (χ0) is 46.5. The smallest absolute Gasteiger partial charge is 0.312 e. The Bertz CT molecular complexity index is 2750. The molecule has 9 rings (SSSR count). The summed E-state index contributed by atoms with van der Waals surface area (Å²) >= 11 is 0. The number of aryl methyl sites for hydroxylation is 1. The van der Waals surface area contributed by atoms with Gasteiger partial charge in [-0.3, -0.25) is 19.8 Å². The molecule has 4 aliphatic rings. The number of fused-ring (bicyclic) bond motifs is 1. The molecule has 1 amide bonds.